The number of carbonyl (C=O) groups excluding carboxylic acids is 1. The molecule has 3 N–H and O–H groups in total. The number of hydrogen-bond acceptors (Lipinski definition) is 9. The lowest BCUT2D eigenvalue weighted by atomic mass is 9.61. The predicted octanol–water partition coefficient (Wildman–Crippen LogP) is 5.03. The Morgan fingerprint density at radius 2 is 1.59 bits per heavy atom. The Hall–Kier alpha value is -0.810. The molecule has 44 heavy (non-hydrogen) atoms. The van der Waals surface area contributed by atoms with Gasteiger partial charge in [-0.05, 0) is 84.6 Å². The Balaban J connectivity index is 2.68. The Labute approximate surface area is 268 Å². The zero-order valence-corrected chi connectivity index (χ0v) is 30.5. The SMILES string of the molecule is CC[C@H]1OC(=O)[C@H](C)[C@@H](O[C@H]2C[C@@](C)(OC)[C@@H](C)[C@H](C)O2)[C@H](C)[C@@H](C(C)(C)C)[C@](C)(O)C[C@@H](C)CN(C)[C@H](C)[C@@H](O)[C@]1(C)O. The highest BCUT2D eigenvalue weighted by Gasteiger charge is 2.52. The number of cyclic esters (lactones) is 1. The first-order valence-corrected chi connectivity index (χ1v) is 16.8. The Kier molecular flexibility index (Phi) is 13.0. The van der Waals surface area contributed by atoms with Gasteiger partial charge in [-0.3, -0.25) is 4.79 Å². The van der Waals surface area contributed by atoms with Crippen molar-refractivity contribution < 1.29 is 39.1 Å². The van der Waals surface area contributed by atoms with E-state index in [1.165, 1.54) is 6.92 Å². The quantitative estimate of drug-likeness (QED) is 0.368. The molecule has 2 saturated heterocycles. The molecule has 0 radical (unpaired) electrons. The van der Waals surface area contributed by atoms with Crippen molar-refractivity contribution in [2.24, 2.45) is 35.0 Å². The van der Waals surface area contributed by atoms with Crippen LogP contribution in [0.2, 0.25) is 0 Å². The maximum absolute atomic E-state index is 14.0. The van der Waals surface area contributed by atoms with E-state index in [-0.39, 0.29) is 35.2 Å². The lowest BCUT2D eigenvalue weighted by Gasteiger charge is -2.50. The first-order valence-electron chi connectivity index (χ1n) is 16.8. The molecule has 2 aliphatic rings. The lowest BCUT2D eigenvalue weighted by molar-refractivity contribution is -0.286. The van der Waals surface area contributed by atoms with Crippen LogP contribution in [0, 0.1) is 35.0 Å². The van der Waals surface area contributed by atoms with Gasteiger partial charge in [0, 0.05) is 32.0 Å². The number of carbonyl (C=O) groups is 1. The highest BCUT2D eigenvalue weighted by atomic mass is 16.7. The molecular weight excluding hydrogens is 562 g/mol. The van der Waals surface area contributed by atoms with Crippen molar-refractivity contribution in [1.29, 1.82) is 0 Å². The van der Waals surface area contributed by atoms with Crippen LogP contribution in [0.15, 0.2) is 0 Å². The second-order valence-electron chi connectivity index (χ2n) is 16.2. The number of likely N-dealkylation sites (N-methyl/N-ethyl adjacent to an activating group) is 1. The number of hydrogen-bond donors (Lipinski definition) is 3. The molecule has 0 aromatic rings. The molecule has 9 nitrogen and oxygen atoms in total. The molecule has 14 atom stereocenters. The van der Waals surface area contributed by atoms with Gasteiger partial charge >= 0.3 is 5.97 Å². The summed E-state index contributed by atoms with van der Waals surface area (Å²) in [5.41, 5.74) is -3.63. The van der Waals surface area contributed by atoms with Gasteiger partial charge in [-0.2, -0.15) is 0 Å². The number of esters is 1. The molecule has 2 heterocycles. The molecule has 2 aliphatic heterocycles. The predicted molar refractivity (Wildman–Crippen MR) is 173 cm³/mol. The van der Waals surface area contributed by atoms with E-state index in [1.807, 2.05) is 39.6 Å². The molecule has 0 spiro atoms. The van der Waals surface area contributed by atoms with Gasteiger partial charge in [0.2, 0.25) is 0 Å². The zero-order chi connectivity index (χ0) is 34.2. The second kappa shape index (κ2) is 14.5. The van der Waals surface area contributed by atoms with E-state index in [1.54, 1.807) is 14.0 Å². The maximum Gasteiger partial charge on any atom is 0.311 e. The molecule has 0 aromatic carbocycles. The van der Waals surface area contributed by atoms with Crippen molar-refractivity contribution in [3.8, 4) is 0 Å². The van der Waals surface area contributed by atoms with Crippen LogP contribution in [-0.4, -0.2) is 100 Å². The number of nitrogens with zero attached hydrogens (tertiary/aromatic N) is 1. The van der Waals surface area contributed by atoms with Crippen molar-refractivity contribution in [1.82, 2.24) is 4.90 Å². The standard InChI is InChI=1S/C35H67NO8/c1-16-26-35(13,40)30(37)24(6)36(14)19-20(2)17-33(11,39)29(32(8,9)10)21(3)28(22(4)31(38)43-26)44-27-18-34(12,41-15)23(5)25(7)42-27/h20-30,37,39-40H,16-19H2,1-15H3/t20-,21+,22-,23+,24-,25+,26-,27+,28+,29+,30-,33-,34-,35-/m1/s1. The third-order valence-electron chi connectivity index (χ3n) is 11.3. The molecule has 9 heteroatoms. The first kappa shape index (κ1) is 39.4. The Bertz CT molecular complexity index is 934. The average molecular weight is 630 g/mol. The van der Waals surface area contributed by atoms with Crippen molar-refractivity contribution >= 4 is 5.97 Å². The molecule has 260 valence electrons. The fourth-order valence-corrected chi connectivity index (χ4v) is 8.59. The number of aliphatic hydroxyl groups excluding tert-OH is 1. The summed E-state index contributed by atoms with van der Waals surface area (Å²) in [6.07, 6.45) is -2.27. The molecular formula is C35H67NO8. The lowest BCUT2D eigenvalue weighted by Crippen LogP contribution is -2.59. The van der Waals surface area contributed by atoms with Gasteiger partial charge in [0.25, 0.3) is 0 Å². The smallest absolute Gasteiger partial charge is 0.311 e. The highest BCUT2D eigenvalue weighted by molar-refractivity contribution is 5.73. The molecule has 0 bridgehead atoms. The third kappa shape index (κ3) is 8.55. The summed E-state index contributed by atoms with van der Waals surface area (Å²) in [5.74, 6) is -1.65. The van der Waals surface area contributed by atoms with Crippen molar-refractivity contribution in [2.75, 3.05) is 20.7 Å². The molecule has 0 unspecified atom stereocenters. The van der Waals surface area contributed by atoms with Crippen LogP contribution < -0.4 is 0 Å². The van der Waals surface area contributed by atoms with E-state index in [4.69, 9.17) is 18.9 Å². The molecule has 0 aliphatic carbocycles. The van der Waals surface area contributed by atoms with E-state index >= 15 is 0 Å². The van der Waals surface area contributed by atoms with Gasteiger partial charge in [0.15, 0.2) is 6.29 Å². The average Bonchev–Trinajstić information content (AvgIpc) is 2.89. The second-order valence-corrected chi connectivity index (χ2v) is 16.2. The normalized spacial score (nSPS) is 47.9. The number of rotatable bonds is 4. The molecule has 2 fully saturated rings. The number of methoxy groups -OCH3 is 1. The minimum Gasteiger partial charge on any atom is -0.459 e. The maximum atomic E-state index is 14.0. The van der Waals surface area contributed by atoms with Gasteiger partial charge < -0.3 is 39.2 Å². The zero-order valence-electron chi connectivity index (χ0n) is 30.5. The highest BCUT2D eigenvalue weighted by Crippen LogP contribution is 2.47. The largest absolute Gasteiger partial charge is 0.459 e. The van der Waals surface area contributed by atoms with Crippen molar-refractivity contribution in [2.45, 2.75) is 163 Å². The number of aliphatic hydroxyl groups is 3. The summed E-state index contributed by atoms with van der Waals surface area (Å²) < 4.78 is 25.2. The van der Waals surface area contributed by atoms with E-state index in [0.29, 0.717) is 25.8 Å². The van der Waals surface area contributed by atoms with Crippen LogP contribution in [-0.2, 0) is 23.7 Å². The van der Waals surface area contributed by atoms with Gasteiger partial charge in [0.05, 0.1) is 29.3 Å². The first-order chi connectivity index (χ1) is 19.9. The molecule has 2 rings (SSSR count). The summed E-state index contributed by atoms with van der Waals surface area (Å²) in [6, 6.07) is -0.427. The molecule has 0 saturated carbocycles. The fourth-order valence-electron chi connectivity index (χ4n) is 8.59. The topological polar surface area (TPSA) is 118 Å². The summed E-state index contributed by atoms with van der Waals surface area (Å²) in [4.78, 5) is 16.0. The monoisotopic (exact) mass is 629 g/mol. The minimum atomic E-state index is -1.69. The summed E-state index contributed by atoms with van der Waals surface area (Å²) in [7, 11) is 3.62. The fraction of sp³-hybridized carbons (Fsp3) is 0.971. The van der Waals surface area contributed by atoms with Crippen LogP contribution in [0.5, 0.6) is 0 Å². The van der Waals surface area contributed by atoms with Gasteiger partial charge in [-0.25, -0.2) is 0 Å². The Morgan fingerprint density at radius 1 is 1.02 bits per heavy atom. The molecule has 0 aromatic heterocycles. The molecule has 0 amide bonds. The van der Waals surface area contributed by atoms with Crippen LogP contribution in [0.25, 0.3) is 0 Å². The van der Waals surface area contributed by atoms with E-state index in [9.17, 15) is 20.1 Å². The summed E-state index contributed by atoms with van der Waals surface area (Å²) >= 11 is 0. The van der Waals surface area contributed by atoms with Gasteiger partial charge in [0.1, 0.15) is 17.8 Å². The van der Waals surface area contributed by atoms with E-state index < -0.39 is 59.3 Å². The number of ether oxygens (including phenoxy) is 4. The summed E-state index contributed by atoms with van der Waals surface area (Å²) in [5, 5.41) is 35.3. The van der Waals surface area contributed by atoms with Crippen molar-refractivity contribution in [3.05, 3.63) is 0 Å². The van der Waals surface area contributed by atoms with Crippen LogP contribution >= 0.6 is 0 Å². The van der Waals surface area contributed by atoms with E-state index in [0.717, 1.165) is 0 Å². The minimum absolute atomic E-state index is 0.0693. The summed E-state index contributed by atoms with van der Waals surface area (Å²) in [6.45, 7) is 26.2. The van der Waals surface area contributed by atoms with Crippen LogP contribution in [0.1, 0.15) is 109 Å². The van der Waals surface area contributed by atoms with Crippen molar-refractivity contribution in [3.63, 3.8) is 0 Å². The van der Waals surface area contributed by atoms with E-state index in [2.05, 4.69) is 48.5 Å². The third-order valence-corrected chi connectivity index (χ3v) is 11.3. The Morgan fingerprint density at radius 3 is 2.09 bits per heavy atom. The van der Waals surface area contributed by atoms with Gasteiger partial charge in [-0.1, -0.05) is 48.5 Å². The van der Waals surface area contributed by atoms with Crippen LogP contribution in [0.4, 0.5) is 0 Å². The van der Waals surface area contributed by atoms with Crippen LogP contribution in [0.3, 0.4) is 0 Å². The van der Waals surface area contributed by atoms with Gasteiger partial charge in [-0.15, -0.1) is 0 Å².